The molecule has 0 spiro atoms. The van der Waals surface area contributed by atoms with E-state index in [0.29, 0.717) is 0 Å². The van der Waals surface area contributed by atoms with Gasteiger partial charge in [-0.1, -0.05) is 5.16 Å². The predicted molar refractivity (Wildman–Crippen MR) is 45.6 cm³/mol. The topological polar surface area (TPSA) is 143 Å². The van der Waals surface area contributed by atoms with Gasteiger partial charge in [0.05, 0.1) is 0 Å². The molecule has 0 bridgehead atoms. The second-order valence-electron chi connectivity index (χ2n) is 2.86. The second kappa shape index (κ2) is 2.85. The Balaban J connectivity index is 2.70. The highest BCUT2D eigenvalue weighted by Gasteiger charge is 2.25. The number of aromatic nitrogens is 4. The maximum atomic E-state index is 10.7. The number of fused-ring (bicyclic) bond motifs is 2. The molecule has 0 fully saturated rings. The van der Waals surface area contributed by atoms with Crippen LogP contribution in [0.3, 0.4) is 0 Å². The van der Waals surface area contributed by atoms with Crippen LogP contribution in [-0.2, 0) is 0 Å². The van der Waals surface area contributed by atoms with Crippen LogP contribution in [0.15, 0.2) is 19.6 Å². The molecule has 80 valence electrons. The normalized spacial score (nSPS) is 12.6. The molecule has 2 N–H and O–H groups in total. The van der Waals surface area contributed by atoms with E-state index in [-0.39, 0.29) is 33.5 Å². The SMILES string of the molecule is O=Nc1c2[nH]onc-2c(=NO)c2nonc12. The number of nitrogens with one attached hydrogen (secondary N) is 1. The molecular formula is C6H2N6O4. The summed E-state index contributed by atoms with van der Waals surface area (Å²) in [5.74, 6) is 0. The van der Waals surface area contributed by atoms with E-state index in [0.717, 1.165) is 0 Å². The Hall–Kier alpha value is -2.78. The van der Waals surface area contributed by atoms with Gasteiger partial charge in [0.25, 0.3) is 0 Å². The van der Waals surface area contributed by atoms with Gasteiger partial charge in [-0.05, 0) is 20.6 Å². The summed E-state index contributed by atoms with van der Waals surface area (Å²) in [4.78, 5) is 10.7. The maximum Gasteiger partial charge on any atom is 0.169 e. The number of hydrogen-bond donors (Lipinski definition) is 2. The molecule has 10 nitrogen and oxygen atoms in total. The highest BCUT2D eigenvalue weighted by Crippen LogP contribution is 2.32. The van der Waals surface area contributed by atoms with Crippen LogP contribution in [0.1, 0.15) is 0 Å². The lowest BCUT2D eigenvalue weighted by atomic mass is 10.1. The summed E-state index contributed by atoms with van der Waals surface area (Å²) >= 11 is 0. The Morgan fingerprint density at radius 1 is 1.25 bits per heavy atom. The molecule has 1 aromatic heterocycles. The molecule has 3 rings (SSSR count). The van der Waals surface area contributed by atoms with Gasteiger partial charge < -0.3 is 5.21 Å². The third-order valence-electron chi connectivity index (χ3n) is 2.11. The molecule has 2 heterocycles. The first-order chi connectivity index (χ1) is 7.86. The van der Waals surface area contributed by atoms with Gasteiger partial charge in [0.2, 0.25) is 0 Å². The van der Waals surface area contributed by atoms with E-state index < -0.39 is 0 Å². The van der Waals surface area contributed by atoms with Crippen molar-refractivity contribution in [2.24, 2.45) is 10.3 Å². The van der Waals surface area contributed by atoms with Gasteiger partial charge in [-0.25, -0.2) is 4.63 Å². The lowest BCUT2D eigenvalue weighted by molar-refractivity contribution is 0.296. The summed E-state index contributed by atoms with van der Waals surface area (Å²) in [7, 11) is 0. The van der Waals surface area contributed by atoms with Crippen molar-refractivity contribution in [2.75, 3.05) is 0 Å². The third kappa shape index (κ3) is 0.846. The van der Waals surface area contributed by atoms with E-state index in [9.17, 15) is 4.91 Å². The molecule has 0 amide bonds. The fourth-order valence-electron chi connectivity index (χ4n) is 1.44. The largest absolute Gasteiger partial charge is 0.410 e. The molecule has 16 heavy (non-hydrogen) atoms. The minimum absolute atomic E-state index is 0.0105. The van der Waals surface area contributed by atoms with E-state index in [4.69, 9.17) is 5.21 Å². The number of nitroso groups, excluding NO2 is 1. The fraction of sp³-hybridized carbons (Fsp3) is 0. The maximum absolute atomic E-state index is 10.7. The zero-order valence-electron chi connectivity index (χ0n) is 7.41. The van der Waals surface area contributed by atoms with E-state index >= 15 is 0 Å². The molecule has 2 aliphatic rings. The van der Waals surface area contributed by atoms with Gasteiger partial charge in [-0.2, -0.15) is 5.16 Å². The molecule has 0 unspecified atom stereocenters. The van der Waals surface area contributed by atoms with Gasteiger partial charge in [-0.15, -0.1) is 4.91 Å². The molecule has 1 aliphatic heterocycles. The van der Waals surface area contributed by atoms with Crippen LogP contribution in [0, 0.1) is 4.91 Å². The quantitative estimate of drug-likeness (QED) is 0.343. The minimum Gasteiger partial charge on any atom is -0.410 e. The van der Waals surface area contributed by atoms with Crippen molar-refractivity contribution < 1.29 is 14.5 Å². The lowest BCUT2D eigenvalue weighted by Gasteiger charge is -1.95. The van der Waals surface area contributed by atoms with Crippen LogP contribution in [0.4, 0.5) is 5.69 Å². The van der Waals surface area contributed by atoms with Gasteiger partial charge in [0, 0.05) is 0 Å². The van der Waals surface area contributed by atoms with Crippen LogP contribution in [0.5, 0.6) is 0 Å². The third-order valence-corrected chi connectivity index (χ3v) is 2.11. The monoisotopic (exact) mass is 222 g/mol. The van der Waals surface area contributed by atoms with Gasteiger partial charge >= 0.3 is 0 Å². The average molecular weight is 222 g/mol. The Labute approximate surface area is 84.8 Å². The first-order valence-corrected chi connectivity index (χ1v) is 4.00. The molecule has 0 aromatic carbocycles. The van der Waals surface area contributed by atoms with Crippen LogP contribution in [0.25, 0.3) is 22.4 Å². The first-order valence-electron chi connectivity index (χ1n) is 4.00. The van der Waals surface area contributed by atoms with E-state index in [1.165, 1.54) is 0 Å². The number of hydrogen-bond acceptors (Lipinski definition) is 9. The number of rotatable bonds is 1. The summed E-state index contributed by atoms with van der Waals surface area (Å²) in [6.07, 6.45) is 0. The van der Waals surface area contributed by atoms with Crippen LogP contribution < -0.4 is 5.36 Å². The van der Waals surface area contributed by atoms with Crippen molar-refractivity contribution in [3.05, 3.63) is 10.3 Å². The Morgan fingerprint density at radius 3 is 2.81 bits per heavy atom. The Morgan fingerprint density at radius 2 is 2.06 bits per heavy atom. The second-order valence-corrected chi connectivity index (χ2v) is 2.86. The van der Waals surface area contributed by atoms with Crippen molar-refractivity contribution in [2.45, 2.75) is 0 Å². The van der Waals surface area contributed by atoms with Crippen LogP contribution in [0.2, 0.25) is 0 Å². The highest BCUT2D eigenvalue weighted by molar-refractivity contribution is 5.95. The molecule has 0 atom stereocenters. The zero-order chi connectivity index (χ0) is 11.1. The molecule has 1 aliphatic carbocycles. The number of aromatic amines is 1. The van der Waals surface area contributed by atoms with Crippen LogP contribution in [-0.4, -0.2) is 25.8 Å². The first kappa shape index (κ1) is 8.52. The molecule has 1 aromatic rings. The lowest BCUT2D eigenvalue weighted by Crippen LogP contribution is -2.09. The molecule has 0 saturated carbocycles. The van der Waals surface area contributed by atoms with E-state index in [1.807, 2.05) is 0 Å². The zero-order valence-corrected chi connectivity index (χ0v) is 7.41. The smallest absolute Gasteiger partial charge is 0.169 e. The number of nitrogens with zero attached hydrogens (tertiary/aromatic N) is 5. The number of benzene rings is 1. The standard InChI is InChI=1S/C6H2N6O4/c13-7-1-3-5(11-15-9-3)2(8-14)6-4(1)10-16-12-6/h9,14H. The van der Waals surface area contributed by atoms with Crippen molar-refractivity contribution >= 4 is 16.7 Å². The molecule has 0 saturated heterocycles. The summed E-state index contributed by atoms with van der Waals surface area (Å²) in [5, 5.41) is 27.5. The molecular weight excluding hydrogens is 220 g/mol. The van der Waals surface area contributed by atoms with Gasteiger partial charge in [0.1, 0.15) is 5.69 Å². The molecule has 0 radical (unpaired) electrons. The predicted octanol–water partition coefficient (Wildman–Crippen LogP) is 0.332. The highest BCUT2D eigenvalue weighted by atomic mass is 16.6. The summed E-state index contributed by atoms with van der Waals surface area (Å²) in [6, 6.07) is 0. The minimum atomic E-state index is -0.0695. The fourth-order valence-corrected chi connectivity index (χ4v) is 1.44. The summed E-state index contributed by atoms with van der Waals surface area (Å²) < 4.78 is 9.01. The summed E-state index contributed by atoms with van der Waals surface area (Å²) in [5.41, 5.74) is 0.341. The van der Waals surface area contributed by atoms with Gasteiger partial charge in [0.15, 0.2) is 27.8 Å². The number of H-pyrrole nitrogens is 1. The van der Waals surface area contributed by atoms with E-state index in [2.05, 4.69) is 40.2 Å². The Kier molecular flexibility index (Phi) is 1.52. The van der Waals surface area contributed by atoms with Crippen molar-refractivity contribution in [3.63, 3.8) is 0 Å². The van der Waals surface area contributed by atoms with Crippen molar-refractivity contribution in [1.29, 1.82) is 0 Å². The van der Waals surface area contributed by atoms with Crippen molar-refractivity contribution in [1.82, 2.24) is 20.6 Å². The molecule has 10 heteroatoms. The average Bonchev–Trinajstić information content (AvgIpc) is 2.93. The van der Waals surface area contributed by atoms with Crippen molar-refractivity contribution in [3.8, 4) is 11.4 Å². The Bertz CT molecular complexity index is 707. The van der Waals surface area contributed by atoms with Crippen LogP contribution >= 0.6 is 0 Å². The van der Waals surface area contributed by atoms with E-state index in [1.54, 1.807) is 0 Å². The van der Waals surface area contributed by atoms with Gasteiger partial charge in [-0.3, -0.25) is 4.63 Å². The summed E-state index contributed by atoms with van der Waals surface area (Å²) in [6.45, 7) is 0.